The number of fused-ring (bicyclic) bond motifs is 1. The number of benzene rings is 1. The molecule has 0 fully saturated rings. The molecule has 4 nitrogen and oxygen atoms in total. The molecule has 1 unspecified atom stereocenters. The van der Waals surface area contributed by atoms with E-state index in [0.717, 1.165) is 10.8 Å². The first-order valence-corrected chi connectivity index (χ1v) is 7.07. The van der Waals surface area contributed by atoms with Crippen molar-refractivity contribution in [1.82, 2.24) is 4.98 Å². The van der Waals surface area contributed by atoms with Gasteiger partial charge in [-0.15, -0.1) is 0 Å². The van der Waals surface area contributed by atoms with Crippen LogP contribution in [-0.4, -0.2) is 29.1 Å². The first-order chi connectivity index (χ1) is 9.71. The van der Waals surface area contributed by atoms with Crippen LogP contribution in [0.1, 0.15) is 38.2 Å². The molecule has 0 aliphatic heterocycles. The number of anilines is 1. The number of nitrogens with zero attached hydrogens (tertiary/aromatic N) is 2. The molecule has 1 N–H and O–H groups in total. The van der Waals surface area contributed by atoms with Gasteiger partial charge in [-0.1, -0.05) is 45.0 Å². The number of carboxylic acid groups (broad SMARTS) is 1. The average molecular weight is 286 g/mol. The molecule has 0 radical (unpaired) electrons. The van der Waals surface area contributed by atoms with Crippen LogP contribution in [0.4, 0.5) is 5.82 Å². The van der Waals surface area contributed by atoms with Crippen LogP contribution in [0.15, 0.2) is 30.3 Å². The van der Waals surface area contributed by atoms with E-state index < -0.39 is 5.97 Å². The molecule has 1 aromatic carbocycles. The summed E-state index contributed by atoms with van der Waals surface area (Å²) in [4.78, 5) is 17.7. The van der Waals surface area contributed by atoms with Crippen molar-refractivity contribution in [2.45, 2.75) is 33.7 Å². The standard InChI is InChI=1S/C17H22N2O2/c1-11(17(2,3)4)19(5)15-13-9-7-6-8-12(13)10-14(18-15)16(20)21/h6-11H,1-5H3,(H,20,21). The maximum atomic E-state index is 11.3. The third kappa shape index (κ3) is 2.99. The minimum atomic E-state index is -1.00. The summed E-state index contributed by atoms with van der Waals surface area (Å²) in [6.07, 6.45) is 0. The fourth-order valence-electron chi connectivity index (χ4n) is 2.32. The Morgan fingerprint density at radius 1 is 1.29 bits per heavy atom. The van der Waals surface area contributed by atoms with Crippen molar-refractivity contribution < 1.29 is 9.90 Å². The van der Waals surface area contributed by atoms with Gasteiger partial charge in [0, 0.05) is 18.5 Å². The second kappa shape index (κ2) is 5.35. The van der Waals surface area contributed by atoms with E-state index in [9.17, 15) is 9.90 Å². The van der Waals surface area contributed by atoms with Crippen LogP contribution in [-0.2, 0) is 0 Å². The second-order valence-electron chi connectivity index (χ2n) is 6.51. The van der Waals surface area contributed by atoms with Gasteiger partial charge in [-0.25, -0.2) is 9.78 Å². The van der Waals surface area contributed by atoms with Gasteiger partial charge in [-0.2, -0.15) is 0 Å². The van der Waals surface area contributed by atoms with Crippen molar-refractivity contribution in [3.8, 4) is 0 Å². The Morgan fingerprint density at radius 3 is 2.48 bits per heavy atom. The molecule has 0 aliphatic carbocycles. The zero-order valence-corrected chi connectivity index (χ0v) is 13.2. The highest BCUT2D eigenvalue weighted by Gasteiger charge is 2.26. The lowest BCUT2D eigenvalue weighted by Gasteiger charge is -2.36. The summed E-state index contributed by atoms with van der Waals surface area (Å²) in [6.45, 7) is 8.62. The molecule has 112 valence electrons. The van der Waals surface area contributed by atoms with Crippen LogP contribution in [0.25, 0.3) is 10.8 Å². The fraction of sp³-hybridized carbons (Fsp3) is 0.412. The molecule has 0 saturated heterocycles. The third-order valence-electron chi connectivity index (χ3n) is 4.11. The predicted octanol–water partition coefficient (Wildman–Crippen LogP) is 3.80. The molecule has 4 heteroatoms. The van der Waals surface area contributed by atoms with Crippen molar-refractivity contribution in [3.05, 3.63) is 36.0 Å². The van der Waals surface area contributed by atoms with E-state index in [0.29, 0.717) is 5.82 Å². The molecule has 1 aromatic heterocycles. The predicted molar refractivity (Wildman–Crippen MR) is 86.0 cm³/mol. The molecule has 21 heavy (non-hydrogen) atoms. The lowest BCUT2D eigenvalue weighted by atomic mass is 9.87. The van der Waals surface area contributed by atoms with Crippen molar-refractivity contribution in [1.29, 1.82) is 0 Å². The Bertz CT molecular complexity index is 674. The molecule has 2 rings (SSSR count). The largest absolute Gasteiger partial charge is 0.477 e. The van der Waals surface area contributed by atoms with E-state index in [1.165, 1.54) is 0 Å². The molecule has 0 aliphatic rings. The molecule has 1 heterocycles. The monoisotopic (exact) mass is 286 g/mol. The number of pyridine rings is 1. The van der Waals surface area contributed by atoms with Crippen molar-refractivity contribution in [2.24, 2.45) is 5.41 Å². The van der Waals surface area contributed by atoms with Gasteiger partial charge in [0.25, 0.3) is 0 Å². The summed E-state index contributed by atoms with van der Waals surface area (Å²) in [5, 5.41) is 11.1. The van der Waals surface area contributed by atoms with Crippen LogP contribution in [0.3, 0.4) is 0 Å². The van der Waals surface area contributed by atoms with E-state index in [1.807, 2.05) is 31.3 Å². The van der Waals surface area contributed by atoms with E-state index in [-0.39, 0.29) is 17.2 Å². The number of hydrogen-bond donors (Lipinski definition) is 1. The highest BCUT2D eigenvalue weighted by molar-refractivity contribution is 5.98. The summed E-state index contributed by atoms with van der Waals surface area (Å²) < 4.78 is 0. The summed E-state index contributed by atoms with van der Waals surface area (Å²) >= 11 is 0. The Labute approximate surface area is 125 Å². The number of carboxylic acids is 1. The van der Waals surface area contributed by atoms with Crippen LogP contribution >= 0.6 is 0 Å². The second-order valence-corrected chi connectivity index (χ2v) is 6.51. The summed E-state index contributed by atoms with van der Waals surface area (Å²) in [5.41, 5.74) is 0.146. The minimum absolute atomic E-state index is 0.0662. The number of aromatic nitrogens is 1. The molecular weight excluding hydrogens is 264 g/mol. The van der Waals surface area contributed by atoms with Gasteiger partial charge in [-0.3, -0.25) is 0 Å². The molecule has 0 bridgehead atoms. The van der Waals surface area contributed by atoms with Gasteiger partial charge >= 0.3 is 5.97 Å². The fourth-order valence-corrected chi connectivity index (χ4v) is 2.32. The number of rotatable bonds is 3. The van der Waals surface area contributed by atoms with Crippen LogP contribution in [0, 0.1) is 5.41 Å². The lowest BCUT2D eigenvalue weighted by molar-refractivity contribution is 0.0691. The smallest absolute Gasteiger partial charge is 0.354 e. The molecule has 0 saturated carbocycles. The Hall–Kier alpha value is -2.10. The van der Waals surface area contributed by atoms with Gasteiger partial charge in [0.15, 0.2) is 5.69 Å². The summed E-state index contributed by atoms with van der Waals surface area (Å²) in [5.74, 6) is -0.285. The van der Waals surface area contributed by atoms with Crippen LogP contribution < -0.4 is 4.90 Å². The molecule has 1 atom stereocenters. The van der Waals surface area contributed by atoms with Crippen LogP contribution in [0.5, 0.6) is 0 Å². The Balaban J connectivity index is 2.63. The normalized spacial score (nSPS) is 13.2. The van der Waals surface area contributed by atoms with Crippen LogP contribution in [0.2, 0.25) is 0 Å². The average Bonchev–Trinajstić information content (AvgIpc) is 2.43. The lowest BCUT2D eigenvalue weighted by Crippen LogP contribution is -2.40. The maximum Gasteiger partial charge on any atom is 0.354 e. The summed E-state index contributed by atoms with van der Waals surface area (Å²) in [6, 6.07) is 9.60. The number of aromatic carboxylic acids is 1. The van der Waals surface area contributed by atoms with Gasteiger partial charge in [-0.05, 0) is 23.8 Å². The third-order valence-corrected chi connectivity index (χ3v) is 4.11. The van der Waals surface area contributed by atoms with Crippen molar-refractivity contribution in [3.63, 3.8) is 0 Å². The zero-order chi connectivity index (χ0) is 15.8. The van der Waals surface area contributed by atoms with Crippen molar-refractivity contribution >= 4 is 22.6 Å². The van der Waals surface area contributed by atoms with Gasteiger partial charge in [0.05, 0.1) is 0 Å². The van der Waals surface area contributed by atoms with E-state index in [1.54, 1.807) is 6.07 Å². The van der Waals surface area contributed by atoms with Gasteiger partial charge in [0.1, 0.15) is 5.82 Å². The van der Waals surface area contributed by atoms with Gasteiger partial charge < -0.3 is 10.0 Å². The zero-order valence-electron chi connectivity index (χ0n) is 13.2. The molecular formula is C17H22N2O2. The van der Waals surface area contributed by atoms with Crippen molar-refractivity contribution in [2.75, 3.05) is 11.9 Å². The SMILES string of the molecule is CC(N(C)c1nc(C(=O)O)cc2ccccc12)C(C)(C)C. The summed E-state index contributed by atoms with van der Waals surface area (Å²) in [7, 11) is 1.97. The first-order valence-electron chi connectivity index (χ1n) is 7.07. The van der Waals surface area contributed by atoms with Gasteiger partial charge in [0.2, 0.25) is 0 Å². The van der Waals surface area contributed by atoms with E-state index in [2.05, 4.69) is 37.6 Å². The Morgan fingerprint density at radius 2 is 1.90 bits per heavy atom. The topological polar surface area (TPSA) is 53.4 Å². The first kappa shape index (κ1) is 15.3. The number of hydrogen-bond acceptors (Lipinski definition) is 3. The van der Waals surface area contributed by atoms with E-state index >= 15 is 0 Å². The highest BCUT2D eigenvalue weighted by Crippen LogP contribution is 2.31. The highest BCUT2D eigenvalue weighted by atomic mass is 16.4. The molecule has 2 aromatic rings. The Kier molecular flexibility index (Phi) is 3.90. The molecule has 0 amide bonds. The number of carbonyl (C=O) groups is 1. The minimum Gasteiger partial charge on any atom is -0.477 e. The van der Waals surface area contributed by atoms with E-state index in [4.69, 9.17) is 0 Å². The maximum absolute atomic E-state index is 11.3. The quantitative estimate of drug-likeness (QED) is 0.932. The molecule has 0 spiro atoms.